The van der Waals surface area contributed by atoms with E-state index in [4.69, 9.17) is 4.74 Å². The molecule has 0 fully saturated rings. The van der Waals surface area contributed by atoms with Crippen LogP contribution in [0.15, 0.2) is 24.4 Å². The van der Waals surface area contributed by atoms with E-state index in [1.165, 1.54) is 22.9 Å². The second-order valence-electron chi connectivity index (χ2n) is 4.45. The van der Waals surface area contributed by atoms with Gasteiger partial charge in [0.25, 0.3) is 0 Å². The van der Waals surface area contributed by atoms with Gasteiger partial charge in [-0.05, 0) is 56.6 Å². The van der Waals surface area contributed by atoms with Crippen molar-refractivity contribution in [3.05, 3.63) is 30.0 Å². The highest BCUT2D eigenvalue weighted by atomic mass is 35.5. The molecule has 0 aliphatic rings. The second-order valence-corrected chi connectivity index (χ2v) is 4.45. The van der Waals surface area contributed by atoms with Crippen LogP contribution < -0.4 is 10.1 Å². The van der Waals surface area contributed by atoms with Gasteiger partial charge in [-0.2, -0.15) is 0 Å². The lowest BCUT2D eigenvalue weighted by atomic mass is 10.1. The van der Waals surface area contributed by atoms with Gasteiger partial charge in [-0.3, -0.25) is 0 Å². The van der Waals surface area contributed by atoms with E-state index in [0.29, 0.717) is 6.61 Å². The van der Waals surface area contributed by atoms with Gasteiger partial charge in [-0.25, -0.2) is 0 Å². The van der Waals surface area contributed by atoms with Crippen LogP contribution in [0.4, 0.5) is 0 Å². The number of benzene rings is 1. The minimum atomic E-state index is 0. The summed E-state index contributed by atoms with van der Waals surface area (Å²) in [6.07, 6.45) is 4.34. The maximum atomic E-state index is 5.55. The average Bonchev–Trinajstić information content (AvgIpc) is 2.78. The predicted molar refractivity (Wildman–Crippen MR) is 83.6 cm³/mol. The number of hydrogen-bond acceptors (Lipinski definition) is 2. The normalized spacial score (nSPS) is 10.4. The van der Waals surface area contributed by atoms with Gasteiger partial charge < -0.3 is 15.0 Å². The Morgan fingerprint density at radius 3 is 2.79 bits per heavy atom. The highest BCUT2D eigenvalue weighted by molar-refractivity contribution is 5.85. The van der Waals surface area contributed by atoms with E-state index in [9.17, 15) is 0 Å². The third-order valence-electron chi connectivity index (χ3n) is 3.05. The Morgan fingerprint density at radius 2 is 2.05 bits per heavy atom. The number of H-pyrrole nitrogens is 1. The first-order valence-corrected chi connectivity index (χ1v) is 6.78. The standard InChI is InChI=1S/C15H22N2O.ClH/c1-3-8-16-9-7-12-11-17-15-6-5-13(18-4-2)10-14(12)15;/h5-6,10-11,16-17H,3-4,7-9H2,1-2H3;1H. The third kappa shape index (κ3) is 4.15. The first-order valence-electron chi connectivity index (χ1n) is 6.78. The fourth-order valence-corrected chi connectivity index (χ4v) is 2.15. The summed E-state index contributed by atoms with van der Waals surface area (Å²) in [5.74, 6) is 0.951. The molecule has 2 aromatic rings. The Kier molecular flexibility index (Phi) is 6.74. The van der Waals surface area contributed by atoms with Gasteiger partial charge in [0.1, 0.15) is 5.75 Å². The minimum Gasteiger partial charge on any atom is -0.494 e. The zero-order valence-corrected chi connectivity index (χ0v) is 12.5. The maximum Gasteiger partial charge on any atom is 0.120 e. The molecule has 4 heteroatoms. The molecule has 19 heavy (non-hydrogen) atoms. The molecule has 0 amide bonds. The lowest BCUT2D eigenvalue weighted by Crippen LogP contribution is -2.17. The summed E-state index contributed by atoms with van der Waals surface area (Å²) in [6, 6.07) is 6.23. The Bertz CT molecular complexity index is 496. The van der Waals surface area contributed by atoms with Crippen LogP contribution >= 0.6 is 12.4 Å². The van der Waals surface area contributed by atoms with Crippen LogP contribution in [0.1, 0.15) is 25.8 Å². The van der Waals surface area contributed by atoms with Gasteiger partial charge in [-0.1, -0.05) is 6.92 Å². The van der Waals surface area contributed by atoms with Gasteiger partial charge >= 0.3 is 0 Å². The lowest BCUT2D eigenvalue weighted by Gasteiger charge is -2.04. The van der Waals surface area contributed by atoms with Crippen LogP contribution in [0.5, 0.6) is 5.75 Å². The van der Waals surface area contributed by atoms with Crippen molar-refractivity contribution in [2.24, 2.45) is 0 Å². The Balaban J connectivity index is 0.00000180. The number of aromatic amines is 1. The summed E-state index contributed by atoms with van der Waals surface area (Å²) in [5.41, 5.74) is 2.54. The zero-order chi connectivity index (χ0) is 12.8. The molecular weight excluding hydrogens is 260 g/mol. The van der Waals surface area contributed by atoms with Crippen LogP contribution in [-0.2, 0) is 6.42 Å². The zero-order valence-electron chi connectivity index (χ0n) is 11.7. The van der Waals surface area contributed by atoms with Crippen molar-refractivity contribution in [2.75, 3.05) is 19.7 Å². The smallest absolute Gasteiger partial charge is 0.120 e. The van der Waals surface area contributed by atoms with Gasteiger partial charge in [0.2, 0.25) is 0 Å². The molecular formula is C15H23ClN2O. The van der Waals surface area contributed by atoms with Gasteiger partial charge in [0.05, 0.1) is 6.61 Å². The van der Waals surface area contributed by atoms with Crippen molar-refractivity contribution in [3.8, 4) is 5.75 Å². The highest BCUT2D eigenvalue weighted by Crippen LogP contribution is 2.23. The summed E-state index contributed by atoms with van der Waals surface area (Å²) < 4.78 is 5.55. The first-order chi connectivity index (χ1) is 8.85. The van der Waals surface area contributed by atoms with Crippen LogP contribution in [0.2, 0.25) is 0 Å². The topological polar surface area (TPSA) is 37.0 Å². The summed E-state index contributed by atoms with van der Waals surface area (Å²) in [4.78, 5) is 3.32. The van der Waals surface area contributed by atoms with Crippen molar-refractivity contribution in [1.82, 2.24) is 10.3 Å². The van der Waals surface area contributed by atoms with Crippen molar-refractivity contribution in [2.45, 2.75) is 26.7 Å². The van der Waals surface area contributed by atoms with Crippen LogP contribution in [0.3, 0.4) is 0 Å². The SMILES string of the molecule is CCCNCCc1c[nH]c2ccc(OCC)cc12.Cl. The quantitative estimate of drug-likeness (QED) is 0.762. The van der Waals surface area contributed by atoms with Gasteiger partial charge in [0.15, 0.2) is 0 Å². The predicted octanol–water partition coefficient (Wildman–Crippen LogP) is 3.53. The largest absolute Gasteiger partial charge is 0.494 e. The summed E-state index contributed by atoms with van der Waals surface area (Å²) in [5, 5.41) is 4.71. The molecule has 1 heterocycles. The van der Waals surface area contributed by atoms with E-state index in [1.807, 2.05) is 13.0 Å². The van der Waals surface area contributed by atoms with E-state index < -0.39 is 0 Å². The Hall–Kier alpha value is -1.19. The fourth-order valence-electron chi connectivity index (χ4n) is 2.15. The van der Waals surface area contributed by atoms with Crippen LogP contribution in [0, 0.1) is 0 Å². The van der Waals surface area contributed by atoms with Crippen molar-refractivity contribution < 1.29 is 4.74 Å². The molecule has 0 aliphatic heterocycles. The van der Waals surface area contributed by atoms with E-state index >= 15 is 0 Å². The first kappa shape index (κ1) is 15.9. The highest BCUT2D eigenvalue weighted by Gasteiger charge is 2.04. The molecule has 0 radical (unpaired) electrons. The van der Waals surface area contributed by atoms with E-state index in [0.717, 1.165) is 25.3 Å². The minimum absolute atomic E-state index is 0. The Labute approximate surface area is 121 Å². The molecule has 0 bridgehead atoms. The lowest BCUT2D eigenvalue weighted by molar-refractivity contribution is 0.340. The van der Waals surface area contributed by atoms with E-state index in [-0.39, 0.29) is 12.4 Å². The third-order valence-corrected chi connectivity index (χ3v) is 3.05. The molecule has 0 spiro atoms. The monoisotopic (exact) mass is 282 g/mol. The molecule has 1 aromatic heterocycles. The molecule has 0 saturated heterocycles. The number of fused-ring (bicyclic) bond motifs is 1. The van der Waals surface area contributed by atoms with Gasteiger partial charge in [-0.15, -0.1) is 12.4 Å². The number of halogens is 1. The average molecular weight is 283 g/mol. The molecule has 0 saturated carbocycles. The molecule has 2 rings (SSSR count). The number of nitrogens with one attached hydrogen (secondary N) is 2. The van der Waals surface area contributed by atoms with Crippen molar-refractivity contribution >= 4 is 23.3 Å². The fraction of sp³-hybridized carbons (Fsp3) is 0.467. The van der Waals surface area contributed by atoms with Crippen molar-refractivity contribution in [3.63, 3.8) is 0 Å². The molecule has 0 atom stereocenters. The van der Waals surface area contributed by atoms with Crippen molar-refractivity contribution in [1.29, 1.82) is 0 Å². The number of aromatic nitrogens is 1. The molecule has 106 valence electrons. The summed E-state index contributed by atoms with van der Waals surface area (Å²) in [7, 11) is 0. The number of ether oxygens (including phenoxy) is 1. The van der Waals surface area contributed by atoms with E-state index in [1.54, 1.807) is 0 Å². The molecule has 0 aliphatic carbocycles. The summed E-state index contributed by atoms with van der Waals surface area (Å²) >= 11 is 0. The van der Waals surface area contributed by atoms with Crippen LogP contribution in [0.25, 0.3) is 10.9 Å². The molecule has 2 N–H and O–H groups in total. The molecule has 1 aromatic carbocycles. The Morgan fingerprint density at radius 1 is 1.21 bits per heavy atom. The maximum absolute atomic E-state index is 5.55. The van der Waals surface area contributed by atoms with E-state index in [2.05, 4.69) is 35.6 Å². The van der Waals surface area contributed by atoms with Crippen LogP contribution in [-0.4, -0.2) is 24.7 Å². The van der Waals surface area contributed by atoms with Gasteiger partial charge in [0, 0.05) is 17.1 Å². The number of hydrogen-bond donors (Lipinski definition) is 2. The molecule has 0 unspecified atom stereocenters. The second kappa shape index (κ2) is 8.08. The summed E-state index contributed by atoms with van der Waals surface area (Å²) in [6.45, 7) is 7.03. The molecule has 3 nitrogen and oxygen atoms in total. The number of rotatable bonds is 7.